The number of nitrogens with one attached hydrogen (secondary N) is 1. The fourth-order valence-electron chi connectivity index (χ4n) is 4.45. The molecule has 0 saturated heterocycles. The van der Waals surface area contributed by atoms with E-state index >= 15 is 0 Å². The number of carboxylic acid groups (broad SMARTS) is 1. The van der Waals surface area contributed by atoms with Gasteiger partial charge in [-0.15, -0.1) is 0 Å². The lowest BCUT2D eigenvalue weighted by Gasteiger charge is -2.16. The van der Waals surface area contributed by atoms with Crippen LogP contribution in [0.5, 0.6) is 0 Å². The molecule has 0 aromatic rings. The van der Waals surface area contributed by atoms with E-state index in [1.54, 1.807) is 0 Å². The number of carbonyl (C=O) groups is 3. The predicted octanol–water partition coefficient (Wildman–Crippen LogP) is 8.11. The van der Waals surface area contributed by atoms with Gasteiger partial charge in [0.1, 0.15) is 6.04 Å². The normalized spacial score (nSPS) is 11.8. The molecule has 0 aliphatic rings. The fourth-order valence-corrected chi connectivity index (χ4v) is 4.45. The zero-order chi connectivity index (χ0) is 26.7. The minimum absolute atomic E-state index is 0.272. The van der Waals surface area contributed by atoms with E-state index in [1.807, 2.05) is 0 Å². The summed E-state index contributed by atoms with van der Waals surface area (Å²) in [5.74, 6) is -2.03. The van der Waals surface area contributed by atoms with Crippen molar-refractivity contribution in [1.29, 1.82) is 0 Å². The molecule has 0 aliphatic carbocycles. The minimum atomic E-state index is -1.12. The van der Waals surface area contributed by atoms with Crippen molar-refractivity contribution in [1.82, 2.24) is 5.32 Å². The van der Waals surface area contributed by atoms with Crippen molar-refractivity contribution < 1.29 is 24.2 Å². The number of ether oxygens (including phenoxy) is 1. The first-order chi connectivity index (χ1) is 17.5. The van der Waals surface area contributed by atoms with Crippen molar-refractivity contribution in [2.75, 3.05) is 6.61 Å². The molecule has 0 fully saturated rings. The molecule has 0 spiro atoms. The van der Waals surface area contributed by atoms with Gasteiger partial charge in [0.05, 0.1) is 13.0 Å². The predicted molar refractivity (Wildman–Crippen MR) is 148 cm³/mol. The topological polar surface area (TPSA) is 92.7 Å². The lowest BCUT2D eigenvalue weighted by atomic mass is 10.1. The Hall–Kier alpha value is -1.59. The molecule has 1 amide bonds. The van der Waals surface area contributed by atoms with Gasteiger partial charge in [-0.2, -0.15) is 0 Å². The Kier molecular flexibility index (Phi) is 25.3. The third-order valence-electron chi connectivity index (χ3n) is 6.75. The van der Waals surface area contributed by atoms with Crippen molar-refractivity contribution in [3.05, 3.63) is 0 Å². The molecular formula is C30H57NO5. The molecule has 1 atom stereocenters. The molecule has 212 valence electrons. The number of aliphatic carboxylic acids is 1. The second-order valence-corrected chi connectivity index (χ2v) is 10.4. The Labute approximate surface area is 221 Å². The summed E-state index contributed by atoms with van der Waals surface area (Å²) < 4.78 is 5.28. The van der Waals surface area contributed by atoms with Gasteiger partial charge in [-0.1, -0.05) is 136 Å². The lowest BCUT2D eigenvalue weighted by Crippen LogP contribution is -2.43. The highest BCUT2D eigenvalue weighted by Crippen LogP contribution is 2.13. The van der Waals surface area contributed by atoms with Crippen LogP contribution in [0.15, 0.2) is 0 Å². The van der Waals surface area contributed by atoms with Crippen LogP contribution in [0.3, 0.4) is 0 Å². The summed E-state index contributed by atoms with van der Waals surface area (Å²) >= 11 is 0. The number of unbranched alkanes of at least 4 members (excludes halogenated alkanes) is 19. The monoisotopic (exact) mass is 511 g/mol. The van der Waals surface area contributed by atoms with Crippen molar-refractivity contribution in [2.45, 2.75) is 168 Å². The molecule has 0 saturated carbocycles. The first kappa shape index (κ1) is 34.4. The van der Waals surface area contributed by atoms with Gasteiger partial charge in [0.2, 0.25) is 5.91 Å². The molecule has 0 heterocycles. The molecule has 0 rings (SSSR count). The maximum absolute atomic E-state index is 12.3. The van der Waals surface area contributed by atoms with Crippen LogP contribution in [0.25, 0.3) is 0 Å². The molecule has 0 aromatic heterocycles. The molecule has 0 radical (unpaired) electrons. The Balaban J connectivity index is 3.85. The summed E-state index contributed by atoms with van der Waals surface area (Å²) in [6.07, 6.45) is 25.0. The molecule has 0 aliphatic heterocycles. The van der Waals surface area contributed by atoms with Gasteiger partial charge < -0.3 is 15.2 Å². The summed E-state index contributed by atoms with van der Waals surface area (Å²) in [7, 11) is 0. The molecule has 36 heavy (non-hydrogen) atoms. The highest BCUT2D eigenvalue weighted by molar-refractivity contribution is 5.87. The van der Waals surface area contributed by atoms with E-state index in [9.17, 15) is 14.4 Å². The second kappa shape index (κ2) is 26.5. The maximum Gasteiger partial charge on any atom is 0.329 e. The first-order valence-corrected chi connectivity index (χ1v) is 15.2. The Bertz CT molecular complexity index is 537. The van der Waals surface area contributed by atoms with Crippen molar-refractivity contribution >= 4 is 17.8 Å². The zero-order valence-electron chi connectivity index (χ0n) is 23.6. The first-order valence-electron chi connectivity index (χ1n) is 15.2. The van der Waals surface area contributed by atoms with Gasteiger partial charge in [-0.05, 0) is 12.8 Å². The van der Waals surface area contributed by atoms with Crippen LogP contribution in [-0.4, -0.2) is 35.6 Å². The van der Waals surface area contributed by atoms with Crippen molar-refractivity contribution in [3.63, 3.8) is 0 Å². The van der Waals surface area contributed by atoms with Crippen LogP contribution in [0.1, 0.15) is 162 Å². The average Bonchev–Trinajstić information content (AvgIpc) is 2.85. The SMILES string of the molecule is CCCCCCCCCCCCCCOC(=O)[C@H](CC(=O)O)NC(=O)CCCCCCCCCCC. The highest BCUT2D eigenvalue weighted by Gasteiger charge is 2.24. The molecule has 0 unspecified atom stereocenters. The van der Waals surface area contributed by atoms with Gasteiger partial charge in [0, 0.05) is 6.42 Å². The third-order valence-corrected chi connectivity index (χ3v) is 6.75. The number of rotatable bonds is 27. The highest BCUT2D eigenvalue weighted by atomic mass is 16.5. The summed E-state index contributed by atoms with van der Waals surface area (Å²) in [6.45, 7) is 4.74. The Morgan fingerprint density at radius 2 is 1.00 bits per heavy atom. The van der Waals surface area contributed by atoms with Crippen LogP contribution in [-0.2, 0) is 19.1 Å². The number of carbonyl (C=O) groups excluding carboxylic acids is 2. The zero-order valence-corrected chi connectivity index (χ0v) is 23.6. The van der Waals surface area contributed by atoms with Gasteiger partial charge in [0.25, 0.3) is 0 Å². The van der Waals surface area contributed by atoms with E-state index in [-0.39, 0.29) is 12.5 Å². The Morgan fingerprint density at radius 1 is 0.611 bits per heavy atom. The summed E-state index contributed by atoms with van der Waals surface area (Å²) in [5.41, 5.74) is 0. The van der Waals surface area contributed by atoms with Gasteiger partial charge in [-0.3, -0.25) is 9.59 Å². The van der Waals surface area contributed by atoms with Gasteiger partial charge in [0.15, 0.2) is 0 Å². The van der Waals surface area contributed by atoms with E-state index < -0.39 is 24.4 Å². The lowest BCUT2D eigenvalue weighted by molar-refractivity contribution is -0.151. The summed E-state index contributed by atoms with van der Waals surface area (Å²) in [5, 5.41) is 11.7. The molecule has 6 heteroatoms. The minimum Gasteiger partial charge on any atom is -0.481 e. The molecular weight excluding hydrogens is 454 g/mol. The van der Waals surface area contributed by atoms with E-state index in [1.165, 1.54) is 96.3 Å². The van der Waals surface area contributed by atoms with Gasteiger partial charge in [-0.25, -0.2) is 4.79 Å². The summed E-state index contributed by atoms with van der Waals surface area (Å²) in [4.78, 5) is 35.7. The third kappa shape index (κ3) is 24.1. The average molecular weight is 512 g/mol. The molecule has 2 N–H and O–H groups in total. The fraction of sp³-hybridized carbons (Fsp3) is 0.900. The maximum atomic E-state index is 12.3. The number of hydrogen-bond acceptors (Lipinski definition) is 4. The largest absolute Gasteiger partial charge is 0.481 e. The number of amides is 1. The van der Waals surface area contributed by atoms with Gasteiger partial charge >= 0.3 is 11.9 Å². The van der Waals surface area contributed by atoms with E-state index in [0.29, 0.717) is 6.42 Å². The molecule has 0 aromatic carbocycles. The van der Waals surface area contributed by atoms with Crippen molar-refractivity contribution in [3.8, 4) is 0 Å². The number of esters is 1. The smallest absolute Gasteiger partial charge is 0.329 e. The molecule has 0 bridgehead atoms. The van der Waals surface area contributed by atoms with Crippen LogP contribution < -0.4 is 5.32 Å². The van der Waals surface area contributed by atoms with Crippen molar-refractivity contribution in [2.24, 2.45) is 0 Å². The summed E-state index contributed by atoms with van der Waals surface area (Å²) in [6, 6.07) is -1.11. The van der Waals surface area contributed by atoms with Crippen LogP contribution in [0.4, 0.5) is 0 Å². The number of carboxylic acids is 1. The number of hydrogen-bond donors (Lipinski definition) is 2. The van der Waals surface area contributed by atoms with Crippen LogP contribution in [0.2, 0.25) is 0 Å². The quantitative estimate of drug-likeness (QED) is 0.0858. The van der Waals surface area contributed by atoms with E-state index in [0.717, 1.165) is 38.5 Å². The van der Waals surface area contributed by atoms with E-state index in [4.69, 9.17) is 9.84 Å². The van der Waals surface area contributed by atoms with E-state index in [2.05, 4.69) is 19.2 Å². The standard InChI is InChI=1S/C30H57NO5/c1-3-5-7-9-11-13-14-15-17-19-21-23-25-36-30(35)27(26-29(33)34)31-28(32)24-22-20-18-16-12-10-8-6-4-2/h27H,3-26H2,1-2H3,(H,31,32)(H,33,34)/t27-/m0/s1. The Morgan fingerprint density at radius 3 is 1.42 bits per heavy atom. The van der Waals surface area contributed by atoms with Crippen LogP contribution >= 0.6 is 0 Å². The van der Waals surface area contributed by atoms with Crippen LogP contribution in [0, 0.1) is 0 Å². The molecule has 6 nitrogen and oxygen atoms in total. The second-order valence-electron chi connectivity index (χ2n) is 10.4.